The van der Waals surface area contributed by atoms with E-state index in [9.17, 15) is 19.8 Å². The SMILES string of the molecule is O=C(O)CNC(=O)c1ccccc1C(c1ccc(O)cc1)c1ccc(O)cc1. The molecule has 0 saturated heterocycles. The van der Waals surface area contributed by atoms with Gasteiger partial charge >= 0.3 is 5.97 Å². The summed E-state index contributed by atoms with van der Waals surface area (Å²) in [6, 6.07) is 20.3. The lowest BCUT2D eigenvalue weighted by molar-refractivity contribution is -0.135. The summed E-state index contributed by atoms with van der Waals surface area (Å²) in [5.41, 5.74) is 2.71. The minimum Gasteiger partial charge on any atom is -0.508 e. The van der Waals surface area contributed by atoms with Crippen LogP contribution in [0.3, 0.4) is 0 Å². The van der Waals surface area contributed by atoms with Gasteiger partial charge < -0.3 is 20.6 Å². The number of nitrogens with one attached hydrogen (secondary N) is 1. The Bertz CT molecular complexity index is 935. The summed E-state index contributed by atoms with van der Waals surface area (Å²) in [6.07, 6.45) is 0. The first-order valence-corrected chi connectivity index (χ1v) is 8.62. The lowest BCUT2D eigenvalue weighted by atomic mass is 9.82. The molecule has 3 aromatic carbocycles. The molecule has 0 aromatic heterocycles. The Morgan fingerprint density at radius 3 is 1.79 bits per heavy atom. The van der Waals surface area contributed by atoms with Crippen LogP contribution in [0.1, 0.15) is 33.0 Å². The average Bonchev–Trinajstić information content (AvgIpc) is 2.69. The zero-order valence-electron chi connectivity index (χ0n) is 14.9. The Kier molecular flexibility index (Phi) is 5.60. The maximum Gasteiger partial charge on any atom is 0.322 e. The highest BCUT2D eigenvalue weighted by Crippen LogP contribution is 2.35. The summed E-state index contributed by atoms with van der Waals surface area (Å²) in [5, 5.41) is 30.5. The van der Waals surface area contributed by atoms with E-state index in [0.717, 1.165) is 11.1 Å². The number of carboxylic acid groups (broad SMARTS) is 1. The summed E-state index contributed by atoms with van der Waals surface area (Å²) in [5.74, 6) is -1.71. The standard InChI is InChI=1S/C22H19NO5/c24-16-9-5-14(6-10-16)21(15-7-11-17(25)12-8-15)18-3-1-2-4-19(18)22(28)23-13-20(26)27/h1-12,21,24-25H,13H2,(H,23,28)(H,26,27). The molecule has 0 heterocycles. The molecule has 0 saturated carbocycles. The van der Waals surface area contributed by atoms with Crippen LogP contribution in [0, 0.1) is 0 Å². The lowest BCUT2D eigenvalue weighted by Crippen LogP contribution is -2.30. The van der Waals surface area contributed by atoms with Crippen molar-refractivity contribution < 1.29 is 24.9 Å². The predicted molar refractivity (Wildman–Crippen MR) is 104 cm³/mol. The molecule has 3 aromatic rings. The first kappa shape index (κ1) is 19.0. The molecule has 0 aliphatic rings. The van der Waals surface area contributed by atoms with Gasteiger partial charge in [0.25, 0.3) is 5.91 Å². The van der Waals surface area contributed by atoms with Crippen molar-refractivity contribution in [2.24, 2.45) is 0 Å². The van der Waals surface area contributed by atoms with Crippen LogP contribution in [0.2, 0.25) is 0 Å². The molecule has 4 N–H and O–H groups in total. The van der Waals surface area contributed by atoms with Gasteiger partial charge in [0.05, 0.1) is 0 Å². The minimum atomic E-state index is -1.13. The Labute approximate surface area is 161 Å². The summed E-state index contributed by atoms with van der Waals surface area (Å²) in [4.78, 5) is 23.4. The molecule has 28 heavy (non-hydrogen) atoms. The number of carbonyl (C=O) groups excluding carboxylic acids is 1. The van der Waals surface area contributed by atoms with Crippen LogP contribution in [-0.2, 0) is 4.79 Å². The fourth-order valence-corrected chi connectivity index (χ4v) is 3.09. The second-order valence-electron chi connectivity index (χ2n) is 6.28. The van der Waals surface area contributed by atoms with Crippen LogP contribution in [0.4, 0.5) is 0 Å². The third kappa shape index (κ3) is 4.29. The number of phenols is 2. The molecule has 0 aliphatic carbocycles. The van der Waals surface area contributed by atoms with Crippen molar-refractivity contribution in [3.63, 3.8) is 0 Å². The van der Waals surface area contributed by atoms with E-state index in [4.69, 9.17) is 5.11 Å². The van der Waals surface area contributed by atoms with Crippen molar-refractivity contribution in [1.29, 1.82) is 0 Å². The van der Waals surface area contributed by atoms with Crippen molar-refractivity contribution in [1.82, 2.24) is 5.32 Å². The Hall–Kier alpha value is -3.80. The Morgan fingerprint density at radius 2 is 1.29 bits per heavy atom. The molecule has 142 valence electrons. The van der Waals surface area contributed by atoms with Crippen LogP contribution in [-0.4, -0.2) is 33.7 Å². The highest BCUT2D eigenvalue weighted by atomic mass is 16.4. The summed E-state index contributed by atoms with van der Waals surface area (Å²) in [6.45, 7) is -0.476. The number of aromatic hydroxyl groups is 2. The third-order valence-electron chi connectivity index (χ3n) is 4.37. The van der Waals surface area contributed by atoms with E-state index in [2.05, 4.69) is 5.32 Å². The van der Waals surface area contributed by atoms with Crippen molar-refractivity contribution in [2.45, 2.75) is 5.92 Å². The van der Waals surface area contributed by atoms with Crippen molar-refractivity contribution in [3.8, 4) is 11.5 Å². The first-order chi connectivity index (χ1) is 13.5. The van der Waals surface area contributed by atoms with Gasteiger partial charge in [-0.1, -0.05) is 42.5 Å². The maximum absolute atomic E-state index is 12.6. The van der Waals surface area contributed by atoms with Gasteiger partial charge in [0.15, 0.2) is 0 Å². The number of benzene rings is 3. The van der Waals surface area contributed by atoms with E-state index in [-0.39, 0.29) is 17.4 Å². The molecule has 0 spiro atoms. The molecule has 0 atom stereocenters. The summed E-state index contributed by atoms with van der Waals surface area (Å²) < 4.78 is 0. The van der Waals surface area contributed by atoms with E-state index in [1.54, 1.807) is 72.8 Å². The van der Waals surface area contributed by atoms with Gasteiger partial charge in [-0.3, -0.25) is 9.59 Å². The molecular formula is C22H19NO5. The highest BCUT2D eigenvalue weighted by molar-refractivity contribution is 5.97. The quantitative estimate of drug-likeness (QED) is 0.494. The molecule has 6 heteroatoms. The molecule has 1 amide bonds. The fourth-order valence-electron chi connectivity index (χ4n) is 3.09. The predicted octanol–water partition coefficient (Wildman–Crippen LogP) is 3.09. The van der Waals surface area contributed by atoms with Crippen LogP contribution in [0.25, 0.3) is 0 Å². The van der Waals surface area contributed by atoms with Gasteiger partial charge in [-0.2, -0.15) is 0 Å². The van der Waals surface area contributed by atoms with Crippen LogP contribution < -0.4 is 5.32 Å². The van der Waals surface area contributed by atoms with Gasteiger partial charge in [-0.05, 0) is 47.0 Å². The normalized spacial score (nSPS) is 10.6. The third-order valence-corrected chi connectivity index (χ3v) is 4.37. The number of aliphatic carboxylic acids is 1. The summed E-state index contributed by atoms with van der Waals surface area (Å²) in [7, 11) is 0. The van der Waals surface area contributed by atoms with Crippen molar-refractivity contribution >= 4 is 11.9 Å². The molecule has 0 fully saturated rings. The monoisotopic (exact) mass is 377 g/mol. The first-order valence-electron chi connectivity index (χ1n) is 8.62. The number of hydrogen-bond acceptors (Lipinski definition) is 4. The molecule has 3 rings (SSSR count). The van der Waals surface area contributed by atoms with E-state index >= 15 is 0 Å². The minimum absolute atomic E-state index is 0.126. The van der Waals surface area contributed by atoms with Crippen molar-refractivity contribution in [3.05, 3.63) is 95.1 Å². The van der Waals surface area contributed by atoms with Gasteiger partial charge in [0, 0.05) is 11.5 Å². The van der Waals surface area contributed by atoms with E-state index < -0.39 is 18.4 Å². The number of amides is 1. The molecule has 0 unspecified atom stereocenters. The van der Waals surface area contributed by atoms with Gasteiger partial charge in [-0.15, -0.1) is 0 Å². The number of phenolic OH excluding ortho intramolecular Hbond substituents is 2. The Morgan fingerprint density at radius 1 is 0.786 bits per heavy atom. The molecule has 0 bridgehead atoms. The lowest BCUT2D eigenvalue weighted by Gasteiger charge is -2.22. The highest BCUT2D eigenvalue weighted by Gasteiger charge is 2.23. The van der Waals surface area contributed by atoms with E-state index in [1.807, 2.05) is 0 Å². The van der Waals surface area contributed by atoms with Crippen LogP contribution in [0.15, 0.2) is 72.8 Å². The molecule has 0 radical (unpaired) electrons. The number of hydrogen-bond donors (Lipinski definition) is 4. The zero-order valence-corrected chi connectivity index (χ0v) is 14.9. The molecular weight excluding hydrogens is 358 g/mol. The van der Waals surface area contributed by atoms with Gasteiger partial charge in [0.2, 0.25) is 0 Å². The second-order valence-corrected chi connectivity index (χ2v) is 6.28. The smallest absolute Gasteiger partial charge is 0.322 e. The topological polar surface area (TPSA) is 107 Å². The molecule has 6 nitrogen and oxygen atoms in total. The summed E-state index contributed by atoms with van der Waals surface area (Å²) >= 11 is 0. The number of rotatable bonds is 6. The molecule has 0 aliphatic heterocycles. The second kappa shape index (κ2) is 8.26. The average molecular weight is 377 g/mol. The van der Waals surface area contributed by atoms with Crippen LogP contribution >= 0.6 is 0 Å². The zero-order chi connectivity index (χ0) is 20.1. The van der Waals surface area contributed by atoms with Gasteiger partial charge in [-0.25, -0.2) is 0 Å². The van der Waals surface area contributed by atoms with Crippen molar-refractivity contribution in [2.75, 3.05) is 6.54 Å². The maximum atomic E-state index is 12.6. The Balaban J connectivity index is 2.11. The number of carboxylic acids is 1. The fraction of sp³-hybridized carbons (Fsp3) is 0.0909. The van der Waals surface area contributed by atoms with Crippen LogP contribution in [0.5, 0.6) is 11.5 Å². The van der Waals surface area contributed by atoms with E-state index in [1.165, 1.54) is 0 Å². The largest absolute Gasteiger partial charge is 0.508 e. The van der Waals surface area contributed by atoms with Gasteiger partial charge in [0.1, 0.15) is 18.0 Å². The number of carbonyl (C=O) groups is 2. The van der Waals surface area contributed by atoms with E-state index in [0.29, 0.717) is 11.1 Å².